The van der Waals surface area contributed by atoms with Gasteiger partial charge < -0.3 is 4.43 Å². The summed E-state index contributed by atoms with van der Waals surface area (Å²) in [5, 5.41) is 15.1. The van der Waals surface area contributed by atoms with Gasteiger partial charge in [-0.2, -0.15) is 0 Å². The molecule has 7 heteroatoms. The Labute approximate surface area is 222 Å². The summed E-state index contributed by atoms with van der Waals surface area (Å²) in [6.45, 7) is 0. The standard InChI is InChI=1S/C30H26ClNO4Si/c31-21-11-19-27(33)29-25-17-8-10-20-28(25)37(22-12-3-1-4-13-22,23-14-5-2-6-15-23)36-30(29)24-16-7-9-18-26(24)32(34)35/h1-10,12-18,20,29-30H,11,19,21H2. The van der Waals surface area contributed by atoms with Crippen LogP contribution in [0.2, 0.25) is 0 Å². The van der Waals surface area contributed by atoms with Crippen molar-refractivity contribution >= 4 is 46.9 Å². The van der Waals surface area contributed by atoms with Crippen molar-refractivity contribution in [2.75, 3.05) is 5.88 Å². The molecule has 0 saturated heterocycles. The van der Waals surface area contributed by atoms with Crippen LogP contribution >= 0.6 is 11.6 Å². The van der Waals surface area contributed by atoms with E-state index in [1.807, 2.05) is 54.6 Å². The predicted molar refractivity (Wildman–Crippen MR) is 149 cm³/mol. The Hall–Kier alpha value is -3.58. The Morgan fingerprint density at radius 1 is 0.811 bits per heavy atom. The Morgan fingerprint density at radius 2 is 1.35 bits per heavy atom. The van der Waals surface area contributed by atoms with Crippen molar-refractivity contribution in [3.63, 3.8) is 0 Å². The number of hydrogen-bond acceptors (Lipinski definition) is 4. The predicted octanol–water partition coefficient (Wildman–Crippen LogP) is 5.00. The molecule has 0 bridgehead atoms. The van der Waals surface area contributed by atoms with Crippen LogP contribution in [-0.2, 0) is 9.22 Å². The average molecular weight is 528 g/mol. The molecule has 37 heavy (non-hydrogen) atoms. The second kappa shape index (κ2) is 10.8. The van der Waals surface area contributed by atoms with E-state index in [2.05, 4.69) is 30.3 Å². The molecular weight excluding hydrogens is 502 g/mol. The first-order valence-corrected chi connectivity index (χ1v) is 14.7. The lowest BCUT2D eigenvalue weighted by molar-refractivity contribution is -0.386. The number of benzene rings is 4. The molecule has 5 rings (SSSR count). The number of hydrogen-bond donors (Lipinski definition) is 0. The van der Waals surface area contributed by atoms with E-state index in [4.69, 9.17) is 16.0 Å². The molecule has 5 nitrogen and oxygen atoms in total. The van der Waals surface area contributed by atoms with Gasteiger partial charge in [0.1, 0.15) is 5.78 Å². The topological polar surface area (TPSA) is 69.4 Å². The van der Waals surface area contributed by atoms with Crippen molar-refractivity contribution < 1.29 is 14.1 Å². The second-order valence-electron chi connectivity index (χ2n) is 9.09. The van der Waals surface area contributed by atoms with Crippen LogP contribution in [0.3, 0.4) is 0 Å². The number of nitrogens with zero attached hydrogens (tertiary/aromatic N) is 1. The van der Waals surface area contributed by atoms with E-state index in [9.17, 15) is 14.9 Å². The first-order valence-electron chi connectivity index (χ1n) is 12.3. The molecule has 0 spiro atoms. The SMILES string of the molecule is O=C(CCCCl)C1c2ccccc2[Si](c2ccccc2)(c2ccccc2)OC1c1ccccc1[N+](=O)[O-]. The highest BCUT2D eigenvalue weighted by atomic mass is 35.5. The van der Waals surface area contributed by atoms with Gasteiger partial charge in [-0.3, -0.25) is 14.9 Å². The number of nitro groups is 1. The Balaban J connectivity index is 1.84. The number of halogens is 1. The fourth-order valence-electron chi connectivity index (χ4n) is 5.41. The van der Waals surface area contributed by atoms with Crippen LogP contribution in [0.4, 0.5) is 5.69 Å². The zero-order valence-electron chi connectivity index (χ0n) is 20.1. The van der Waals surface area contributed by atoms with Gasteiger partial charge in [-0.05, 0) is 33.6 Å². The number of para-hydroxylation sites is 1. The van der Waals surface area contributed by atoms with Gasteiger partial charge in [-0.25, -0.2) is 0 Å². The van der Waals surface area contributed by atoms with Gasteiger partial charge in [0, 0.05) is 18.4 Å². The molecule has 0 radical (unpaired) electrons. The van der Waals surface area contributed by atoms with Gasteiger partial charge in [0.2, 0.25) is 0 Å². The Kier molecular flexibility index (Phi) is 7.32. The molecule has 2 unspecified atom stereocenters. The summed E-state index contributed by atoms with van der Waals surface area (Å²) in [5.41, 5.74) is 1.23. The number of alkyl halides is 1. The lowest BCUT2D eigenvalue weighted by Crippen LogP contribution is -2.72. The van der Waals surface area contributed by atoms with E-state index in [0.29, 0.717) is 17.9 Å². The summed E-state index contributed by atoms with van der Waals surface area (Å²) in [5.74, 6) is -0.349. The largest absolute Gasteiger partial charge is 0.396 e. The summed E-state index contributed by atoms with van der Waals surface area (Å²) in [6.07, 6.45) is -0.0250. The van der Waals surface area contributed by atoms with Crippen LogP contribution in [0.25, 0.3) is 0 Å². The fraction of sp³-hybridized carbons (Fsp3) is 0.167. The lowest BCUT2D eigenvalue weighted by atomic mass is 9.83. The maximum Gasteiger partial charge on any atom is 0.289 e. The third-order valence-corrected chi connectivity index (χ3v) is 11.4. The number of carbonyl (C=O) groups is 1. The van der Waals surface area contributed by atoms with Gasteiger partial charge >= 0.3 is 0 Å². The molecule has 1 aliphatic heterocycles. The summed E-state index contributed by atoms with van der Waals surface area (Å²) in [7, 11) is -3.18. The molecular formula is C30H26ClNO4Si. The van der Waals surface area contributed by atoms with Gasteiger partial charge in [0.05, 0.1) is 22.5 Å². The van der Waals surface area contributed by atoms with Crippen molar-refractivity contribution in [2.45, 2.75) is 24.9 Å². The van der Waals surface area contributed by atoms with Crippen molar-refractivity contribution in [1.82, 2.24) is 0 Å². The van der Waals surface area contributed by atoms with Crippen LogP contribution in [0.5, 0.6) is 0 Å². The zero-order chi connectivity index (χ0) is 25.8. The van der Waals surface area contributed by atoms with E-state index >= 15 is 0 Å². The molecule has 0 saturated carbocycles. The van der Waals surface area contributed by atoms with Crippen molar-refractivity contribution in [2.24, 2.45) is 0 Å². The molecule has 2 atom stereocenters. The summed E-state index contributed by atoms with van der Waals surface area (Å²) in [6, 6.07) is 34.6. The molecule has 1 heterocycles. The molecule has 0 amide bonds. The minimum Gasteiger partial charge on any atom is -0.396 e. The molecule has 186 valence electrons. The smallest absolute Gasteiger partial charge is 0.289 e. The third-order valence-electron chi connectivity index (χ3n) is 6.99. The number of carbonyl (C=O) groups excluding carboxylic acids is 1. The Morgan fingerprint density at radius 3 is 1.95 bits per heavy atom. The van der Waals surface area contributed by atoms with Crippen molar-refractivity contribution in [1.29, 1.82) is 0 Å². The quantitative estimate of drug-likeness (QED) is 0.140. The first kappa shape index (κ1) is 25.1. The molecule has 0 fully saturated rings. The summed E-state index contributed by atoms with van der Waals surface area (Å²) in [4.78, 5) is 25.5. The van der Waals surface area contributed by atoms with E-state index in [1.54, 1.807) is 18.2 Å². The molecule has 4 aromatic carbocycles. The average Bonchev–Trinajstić information content (AvgIpc) is 2.96. The van der Waals surface area contributed by atoms with E-state index < -0.39 is 25.3 Å². The molecule has 1 aliphatic rings. The maximum atomic E-state index is 13.8. The van der Waals surface area contributed by atoms with Gasteiger partial charge in [-0.1, -0.05) is 97.1 Å². The van der Waals surface area contributed by atoms with Gasteiger partial charge in [-0.15, -0.1) is 11.6 Å². The molecule has 0 aliphatic carbocycles. The number of nitro benzene ring substituents is 1. The Bertz CT molecular complexity index is 1370. The number of rotatable bonds is 8. The fourth-order valence-corrected chi connectivity index (χ4v) is 9.84. The molecule has 4 aromatic rings. The van der Waals surface area contributed by atoms with Crippen LogP contribution < -0.4 is 15.6 Å². The normalized spacial score (nSPS) is 18.1. The van der Waals surface area contributed by atoms with Crippen molar-refractivity contribution in [3.05, 3.63) is 130 Å². The second-order valence-corrected chi connectivity index (χ2v) is 12.8. The van der Waals surface area contributed by atoms with Gasteiger partial charge in [0.25, 0.3) is 14.0 Å². The summed E-state index contributed by atoms with van der Waals surface area (Å²) < 4.78 is 7.24. The van der Waals surface area contributed by atoms with Crippen LogP contribution in [0.1, 0.15) is 36.0 Å². The minimum absolute atomic E-state index is 0.0278. The highest BCUT2D eigenvalue weighted by Crippen LogP contribution is 2.44. The lowest BCUT2D eigenvalue weighted by Gasteiger charge is -2.45. The van der Waals surface area contributed by atoms with Crippen molar-refractivity contribution in [3.8, 4) is 0 Å². The van der Waals surface area contributed by atoms with Crippen LogP contribution in [0, 0.1) is 10.1 Å². The number of Topliss-reactive ketones (excluding diaryl/α,β-unsaturated/α-hetero) is 1. The third kappa shape index (κ3) is 4.52. The minimum atomic E-state index is -3.18. The number of fused-ring (bicyclic) bond motifs is 1. The monoisotopic (exact) mass is 527 g/mol. The van der Waals surface area contributed by atoms with Crippen LogP contribution in [-0.4, -0.2) is 24.9 Å². The highest BCUT2D eigenvalue weighted by molar-refractivity contribution is 7.07. The van der Waals surface area contributed by atoms with E-state index in [-0.39, 0.29) is 17.9 Å². The summed E-state index contributed by atoms with van der Waals surface area (Å²) >= 11 is 5.94. The van der Waals surface area contributed by atoms with Gasteiger partial charge in [0.15, 0.2) is 0 Å². The highest BCUT2D eigenvalue weighted by Gasteiger charge is 2.53. The van der Waals surface area contributed by atoms with Crippen LogP contribution in [0.15, 0.2) is 109 Å². The molecule has 0 aromatic heterocycles. The first-order chi connectivity index (χ1) is 18.1. The maximum absolute atomic E-state index is 13.8. The van der Waals surface area contributed by atoms with E-state index in [1.165, 1.54) is 6.07 Å². The zero-order valence-corrected chi connectivity index (χ0v) is 21.9. The number of ketones is 1. The molecule has 0 N–H and O–H groups in total. The van der Waals surface area contributed by atoms with E-state index in [0.717, 1.165) is 21.1 Å².